The molecule has 0 aliphatic carbocycles. The number of rotatable bonds is 0. The Morgan fingerprint density at radius 2 is 1.71 bits per heavy atom. The SMILES string of the molecule is In1c2ccccc2n2c3cccnc3nc12. The molecule has 0 aliphatic rings. The number of hydrogen-bond donors (Lipinski definition) is 0. The predicted octanol–water partition coefficient (Wildman–Crippen LogP) is 3.04. The highest BCUT2D eigenvalue weighted by molar-refractivity contribution is 14.1. The molecule has 1 aromatic carbocycles. The Labute approximate surface area is 110 Å². The summed E-state index contributed by atoms with van der Waals surface area (Å²) in [6.07, 6.45) is 1.77. The molecule has 0 atom stereocenters. The number of nitrogens with zero attached hydrogens (tertiary/aromatic N) is 4. The molecule has 0 saturated heterocycles. The van der Waals surface area contributed by atoms with E-state index < -0.39 is 0 Å². The first kappa shape index (κ1) is 9.41. The first-order valence-corrected chi connectivity index (χ1v) is 6.21. The van der Waals surface area contributed by atoms with Crippen LogP contribution in [0.5, 0.6) is 0 Å². The number of benzene rings is 1. The first-order valence-electron chi connectivity index (χ1n) is 5.25. The van der Waals surface area contributed by atoms with Gasteiger partial charge in [-0.25, -0.2) is 7.76 Å². The zero-order valence-corrected chi connectivity index (χ0v) is 10.9. The zero-order chi connectivity index (χ0) is 11.4. The fourth-order valence-electron chi connectivity index (χ4n) is 2.20. The van der Waals surface area contributed by atoms with Crippen LogP contribution in [0.15, 0.2) is 42.6 Å². The highest BCUT2D eigenvalue weighted by Gasteiger charge is 2.13. The molecule has 0 amide bonds. The molecule has 0 bridgehead atoms. The molecule has 5 heteroatoms. The van der Waals surface area contributed by atoms with Crippen molar-refractivity contribution in [2.75, 3.05) is 0 Å². The van der Waals surface area contributed by atoms with Gasteiger partial charge in [0, 0.05) is 6.20 Å². The highest BCUT2D eigenvalue weighted by Crippen LogP contribution is 2.26. The minimum Gasteiger partial charge on any atom is -0.274 e. The monoisotopic (exact) mass is 334 g/mol. The fourth-order valence-corrected chi connectivity index (χ4v) is 2.93. The molecule has 17 heavy (non-hydrogen) atoms. The van der Waals surface area contributed by atoms with Gasteiger partial charge < -0.3 is 0 Å². The van der Waals surface area contributed by atoms with E-state index in [4.69, 9.17) is 0 Å². The maximum atomic E-state index is 4.56. The van der Waals surface area contributed by atoms with Crippen LogP contribution in [-0.2, 0) is 0 Å². The Kier molecular flexibility index (Phi) is 1.77. The van der Waals surface area contributed by atoms with Gasteiger partial charge in [-0.1, -0.05) is 12.1 Å². The molecule has 4 nitrogen and oxygen atoms in total. The topological polar surface area (TPSA) is 35.1 Å². The third-order valence-corrected chi connectivity index (χ3v) is 3.87. The van der Waals surface area contributed by atoms with Gasteiger partial charge in [-0.2, -0.15) is 4.98 Å². The number of halogens is 1. The smallest absolute Gasteiger partial charge is 0.226 e. The Hall–Kier alpha value is -1.63. The standard InChI is InChI=1S/C12H7IN4/c13-17-9-5-2-1-4-8(9)16-10-6-3-7-14-11(10)15-12(16)17/h1-7H. The van der Waals surface area contributed by atoms with Crippen LogP contribution in [0, 0.1) is 0 Å². The lowest BCUT2D eigenvalue weighted by molar-refractivity contribution is 1.26. The van der Waals surface area contributed by atoms with Gasteiger partial charge in [0.1, 0.15) is 0 Å². The second-order valence-electron chi connectivity index (χ2n) is 3.86. The largest absolute Gasteiger partial charge is 0.274 e. The molecular weight excluding hydrogens is 327 g/mol. The third-order valence-electron chi connectivity index (χ3n) is 2.92. The van der Waals surface area contributed by atoms with Crippen LogP contribution >= 0.6 is 22.9 Å². The van der Waals surface area contributed by atoms with Crippen molar-refractivity contribution in [3.05, 3.63) is 42.6 Å². The predicted molar refractivity (Wildman–Crippen MR) is 75.4 cm³/mol. The van der Waals surface area contributed by atoms with Crippen molar-refractivity contribution < 1.29 is 0 Å². The fraction of sp³-hybridized carbons (Fsp3) is 0. The molecule has 0 unspecified atom stereocenters. The summed E-state index contributed by atoms with van der Waals surface area (Å²) in [5.41, 5.74) is 4.17. The Bertz CT molecular complexity index is 859. The van der Waals surface area contributed by atoms with Gasteiger partial charge in [0.05, 0.1) is 39.4 Å². The van der Waals surface area contributed by atoms with Crippen molar-refractivity contribution in [2.24, 2.45) is 0 Å². The molecule has 3 aromatic heterocycles. The maximum Gasteiger partial charge on any atom is 0.226 e. The lowest BCUT2D eigenvalue weighted by atomic mass is 10.3. The van der Waals surface area contributed by atoms with Crippen LogP contribution in [0.25, 0.3) is 28.0 Å². The van der Waals surface area contributed by atoms with Crippen LogP contribution in [0.4, 0.5) is 0 Å². The molecular formula is C12H7IN4. The summed E-state index contributed by atoms with van der Waals surface area (Å²) in [6.45, 7) is 0. The summed E-state index contributed by atoms with van der Waals surface area (Å²) < 4.78 is 4.21. The second kappa shape index (κ2) is 3.19. The minimum absolute atomic E-state index is 0.790. The van der Waals surface area contributed by atoms with E-state index in [0.29, 0.717) is 0 Å². The Balaban J connectivity index is 2.41. The van der Waals surface area contributed by atoms with Gasteiger partial charge in [-0.3, -0.25) is 4.40 Å². The molecule has 4 rings (SSSR count). The molecule has 3 heterocycles. The van der Waals surface area contributed by atoms with Crippen molar-refractivity contribution in [1.29, 1.82) is 0 Å². The van der Waals surface area contributed by atoms with E-state index in [0.717, 1.165) is 22.5 Å². The van der Waals surface area contributed by atoms with E-state index in [-0.39, 0.29) is 0 Å². The van der Waals surface area contributed by atoms with Gasteiger partial charge in [0.15, 0.2) is 5.65 Å². The minimum atomic E-state index is 0.790. The van der Waals surface area contributed by atoms with Crippen molar-refractivity contribution in [3.8, 4) is 0 Å². The molecule has 0 spiro atoms. The van der Waals surface area contributed by atoms with Crippen molar-refractivity contribution in [2.45, 2.75) is 0 Å². The van der Waals surface area contributed by atoms with Crippen molar-refractivity contribution in [1.82, 2.24) is 17.1 Å². The Morgan fingerprint density at radius 1 is 0.941 bits per heavy atom. The summed E-state index contributed by atoms with van der Waals surface area (Å²) in [5, 5.41) is 0. The van der Waals surface area contributed by atoms with Crippen LogP contribution in [0.1, 0.15) is 0 Å². The van der Waals surface area contributed by atoms with Crippen LogP contribution < -0.4 is 0 Å². The van der Waals surface area contributed by atoms with Gasteiger partial charge in [0.25, 0.3) is 0 Å². The number of aromatic nitrogens is 4. The summed E-state index contributed by atoms with van der Waals surface area (Å²) in [5.74, 6) is 0.917. The average molecular weight is 334 g/mol. The molecule has 4 aromatic rings. The lowest BCUT2D eigenvalue weighted by Crippen LogP contribution is -1.80. The van der Waals surface area contributed by atoms with Gasteiger partial charge in [-0.05, 0) is 24.3 Å². The van der Waals surface area contributed by atoms with Crippen LogP contribution in [0.2, 0.25) is 0 Å². The molecule has 0 radical (unpaired) electrons. The maximum absolute atomic E-state index is 4.56. The summed E-state index contributed by atoms with van der Waals surface area (Å²) in [6, 6.07) is 12.3. The number of fused-ring (bicyclic) bond motifs is 5. The number of imidazole rings is 2. The molecule has 0 saturated carbocycles. The van der Waals surface area contributed by atoms with Gasteiger partial charge >= 0.3 is 0 Å². The normalized spacial score (nSPS) is 11.8. The summed E-state index contributed by atoms with van der Waals surface area (Å²) in [4.78, 5) is 8.85. The number of pyridine rings is 1. The molecule has 82 valence electrons. The lowest BCUT2D eigenvalue weighted by Gasteiger charge is -1.92. The van der Waals surface area contributed by atoms with E-state index in [1.807, 2.05) is 24.3 Å². The first-order chi connectivity index (χ1) is 8.36. The van der Waals surface area contributed by atoms with Crippen LogP contribution in [0.3, 0.4) is 0 Å². The van der Waals surface area contributed by atoms with Crippen molar-refractivity contribution >= 4 is 50.8 Å². The number of para-hydroxylation sites is 2. The van der Waals surface area contributed by atoms with Crippen molar-refractivity contribution in [3.63, 3.8) is 0 Å². The van der Waals surface area contributed by atoms with E-state index in [2.05, 4.69) is 52.1 Å². The van der Waals surface area contributed by atoms with Gasteiger partial charge in [0.2, 0.25) is 5.78 Å². The van der Waals surface area contributed by atoms with E-state index in [9.17, 15) is 0 Å². The summed E-state index contributed by atoms with van der Waals surface area (Å²) >= 11 is 2.27. The molecule has 0 fully saturated rings. The molecule has 0 aliphatic heterocycles. The van der Waals surface area contributed by atoms with E-state index in [1.165, 1.54) is 5.52 Å². The Morgan fingerprint density at radius 3 is 2.59 bits per heavy atom. The van der Waals surface area contributed by atoms with E-state index >= 15 is 0 Å². The average Bonchev–Trinajstić information content (AvgIpc) is 2.88. The van der Waals surface area contributed by atoms with E-state index in [1.54, 1.807) is 6.20 Å². The zero-order valence-electron chi connectivity index (χ0n) is 8.71. The number of hydrogen-bond acceptors (Lipinski definition) is 2. The molecule has 0 N–H and O–H groups in total. The highest BCUT2D eigenvalue weighted by atomic mass is 127. The quantitative estimate of drug-likeness (QED) is 0.464. The van der Waals surface area contributed by atoms with Crippen LogP contribution in [-0.4, -0.2) is 17.1 Å². The van der Waals surface area contributed by atoms with Gasteiger partial charge in [-0.15, -0.1) is 0 Å². The second-order valence-corrected chi connectivity index (χ2v) is 4.83. The summed E-state index contributed by atoms with van der Waals surface area (Å²) in [7, 11) is 0. The third kappa shape index (κ3) is 1.12.